The maximum atomic E-state index is 4.06. The smallest absolute Gasteiger partial charge is 0.197 e. The maximum absolute atomic E-state index is 4.06. The lowest BCUT2D eigenvalue weighted by Crippen LogP contribution is -2.37. The van der Waals surface area contributed by atoms with Gasteiger partial charge in [-0.25, -0.2) is 0 Å². The monoisotopic (exact) mass is 890 g/mol. The molecule has 2 heterocycles. The molecular weight excluding hydrogens is 834 g/mol. The molecule has 2 aliphatic carbocycles. The highest BCUT2D eigenvalue weighted by Crippen LogP contribution is 2.57. The van der Waals surface area contributed by atoms with Gasteiger partial charge >= 0.3 is 0 Å². The van der Waals surface area contributed by atoms with Gasteiger partial charge in [-0.3, -0.25) is 0 Å². The molecule has 0 amide bonds. The van der Waals surface area contributed by atoms with Gasteiger partial charge in [-0.1, -0.05) is 161 Å². The molecule has 0 bridgehead atoms. The first kappa shape index (κ1) is 41.9. The molecule has 69 heavy (non-hydrogen) atoms. The minimum atomic E-state index is -0.212. The van der Waals surface area contributed by atoms with Gasteiger partial charge in [-0.15, -0.1) is 0 Å². The molecule has 1 aliphatic heterocycles. The Balaban J connectivity index is 1.20. The molecule has 335 valence electrons. The van der Waals surface area contributed by atoms with E-state index in [0.29, 0.717) is 0 Å². The average molecular weight is 891 g/mol. The molecule has 10 aromatic rings. The average Bonchev–Trinajstić information content (AvgIpc) is 3.81. The highest BCUT2D eigenvalue weighted by atomic mass is 15.1. The first-order valence-electron chi connectivity index (χ1n) is 24.9. The van der Waals surface area contributed by atoms with Crippen molar-refractivity contribution in [3.05, 3.63) is 203 Å². The van der Waals surface area contributed by atoms with Gasteiger partial charge in [-0.05, 0) is 154 Å². The fraction of sp³-hybridized carbons (Fsp3) is 0.200. The van der Waals surface area contributed by atoms with E-state index in [9.17, 15) is 0 Å². The van der Waals surface area contributed by atoms with Crippen LogP contribution in [0, 0.1) is 13.8 Å². The van der Waals surface area contributed by atoms with E-state index in [0.717, 1.165) is 28.4 Å². The van der Waals surface area contributed by atoms with Crippen LogP contribution < -0.4 is 21.1 Å². The summed E-state index contributed by atoms with van der Waals surface area (Å²) in [5, 5.41) is 9.02. The zero-order valence-electron chi connectivity index (χ0n) is 41.1. The third-order valence-corrected chi connectivity index (χ3v) is 16.3. The molecule has 0 fully saturated rings. The quantitative estimate of drug-likeness (QED) is 0.168. The van der Waals surface area contributed by atoms with Crippen LogP contribution >= 0.6 is 0 Å². The highest BCUT2D eigenvalue weighted by molar-refractivity contribution is 6.73. The van der Waals surface area contributed by atoms with Crippen molar-refractivity contribution in [2.24, 2.45) is 0 Å². The van der Waals surface area contributed by atoms with Crippen LogP contribution in [0.3, 0.4) is 0 Å². The molecule has 0 saturated heterocycles. The summed E-state index contributed by atoms with van der Waals surface area (Å²) in [4.78, 5) is 2.49. The van der Waals surface area contributed by atoms with Crippen LogP contribution in [0.5, 0.6) is 0 Å². The largest absolute Gasteiger partial charge is 0.355 e. The predicted molar refractivity (Wildman–Crippen MR) is 295 cm³/mol. The van der Waals surface area contributed by atoms with Crippen LogP contribution in [0.2, 0.25) is 0 Å². The van der Waals surface area contributed by atoms with E-state index >= 15 is 0 Å². The maximum Gasteiger partial charge on any atom is 0.197 e. The van der Waals surface area contributed by atoms with Crippen LogP contribution in [0.15, 0.2) is 170 Å². The summed E-state index contributed by atoms with van der Waals surface area (Å²) >= 11 is 0. The van der Waals surface area contributed by atoms with E-state index in [2.05, 4.69) is 247 Å². The van der Waals surface area contributed by atoms with Gasteiger partial charge in [0.05, 0.1) is 16.7 Å². The Labute approximate surface area is 407 Å². The predicted octanol–water partition coefficient (Wildman–Crippen LogP) is 16.1. The summed E-state index contributed by atoms with van der Waals surface area (Å²) < 4.78 is 2.60. The summed E-state index contributed by atoms with van der Waals surface area (Å²) in [6.07, 6.45) is 2.37. The van der Waals surface area contributed by atoms with Crippen molar-refractivity contribution in [1.82, 2.24) is 4.57 Å². The first-order chi connectivity index (χ1) is 33.3. The molecule has 0 spiro atoms. The Hall–Kier alpha value is -7.30. The number of aromatic nitrogens is 1. The third-order valence-electron chi connectivity index (χ3n) is 16.3. The number of anilines is 5. The normalized spacial score (nSPS) is 15.6. The molecule has 0 unspecified atom stereocenters. The van der Waals surface area contributed by atoms with Crippen LogP contribution in [0.1, 0.15) is 87.8 Å². The van der Waals surface area contributed by atoms with Gasteiger partial charge in [-0.2, -0.15) is 0 Å². The Morgan fingerprint density at radius 2 is 1.13 bits per heavy atom. The minimum Gasteiger partial charge on any atom is -0.355 e. The zero-order chi connectivity index (χ0) is 47.1. The number of fused-ring (bicyclic) bond motifs is 11. The molecule has 1 aromatic heterocycles. The molecule has 3 nitrogen and oxygen atoms in total. The van der Waals surface area contributed by atoms with Crippen molar-refractivity contribution in [3.63, 3.8) is 0 Å². The lowest BCUT2D eigenvalue weighted by Gasteiger charge is -2.42. The number of hydrogen-bond donors (Lipinski definition) is 1. The zero-order valence-corrected chi connectivity index (χ0v) is 41.1. The molecule has 0 atom stereocenters. The molecule has 9 aromatic carbocycles. The van der Waals surface area contributed by atoms with Gasteiger partial charge in [0.1, 0.15) is 0 Å². The Morgan fingerprint density at radius 1 is 0.507 bits per heavy atom. The Bertz CT molecular complexity index is 3720. The van der Waals surface area contributed by atoms with E-state index in [1.54, 1.807) is 0 Å². The number of nitrogens with one attached hydrogen (secondary N) is 1. The van der Waals surface area contributed by atoms with Gasteiger partial charge in [0.25, 0.3) is 0 Å². The van der Waals surface area contributed by atoms with E-state index in [1.807, 2.05) is 0 Å². The van der Waals surface area contributed by atoms with Crippen LogP contribution in [0.4, 0.5) is 28.4 Å². The van der Waals surface area contributed by atoms with E-state index in [-0.39, 0.29) is 16.2 Å². The summed E-state index contributed by atoms with van der Waals surface area (Å²) in [7, 11) is 2.49. The lowest BCUT2D eigenvalue weighted by atomic mass is 9.58. The lowest BCUT2D eigenvalue weighted by molar-refractivity contribution is 0.331. The summed E-state index contributed by atoms with van der Waals surface area (Å²) in [6.45, 7) is 19.1. The first-order valence-corrected chi connectivity index (χ1v) is 24.9. The number of benzene rings is 9. The van der Waals surface area contributed by atoms with Crippen molar-refractivity contribution < 1.29 is 0 Å². The fourth-order valence-electron chi connectivity index (χ4n) is 12.5. The van der Waals surface area contributed by atoms with Gasteiger partial charge in [0.15, 0.2) is 7.28 Å². The van der Waals surface area contributed by atoms with Crippen LogP contribution in [-0.4, -0.2) is 11.8 Å². The Kier molecular flexibility index (Phi) is 9.01. The molecule has 1 radical (unpaired) electrons. The number of hydrogen-bond acceptors (Lipinski definition) is 2. The second-order valence-electron chi connectivity index (χ2n) is 22.1. The van der Waals surface area contributed by atoms with Crippen LogP contribution in [0.25, 0.3) is 60.5 Å². The van der Waals surface area contributed by atoms with Crippen molar-refractivity contribution in [2.75, 3.05) is 10.2 Å². The standard InChI is InChI=1S/C65H57BN3/c1-39-23-27-42(28-24-39)67-56-38-52-47(48-35-53-54(37-51(48)65(52,7)8)64(5,6)32-31-63(53,3)4)34-49(56)50-36-58(68(43-18-11-9-12-19-43)44-20-13-10-14-21-44)59-46-29-26-41-17-15-16-22-45(41)61(46)69-57-30-25-40(2)33-55(57)66-60(50)62(59)69/h9-30,33-38,67H,31-32H2,1-8H3. The molecule has 0 saturated carbocycles. The number of rotatable bonds is 6. The van der Waals surface area contributed by atoms with Gasteiger partial charge < -0.3 is 14.8 Å². The summed E-state index contributed by atoms with van der Waals surface area (Å²) in [5.41, 5.74) is 25.0. The molecular formula is C65H57BN3. The topological polar surface area (TPSA) is 20.2 Å². The third kappa shape index (κ3) is 6.27. The van der Waals surface area contributed by atoms with Crippen molar-refractivity contribution in [3.8, 4) is 27.9 Å². The molecule has 3 aliphatic rings. The second-order valence-corrected chi connectivity index (χ2v) is 22.1. The Morgan fingerprint density at radius 3 is 1.84 bits per heavy atom. The van der Waals surface area contributed by atoms with Crippen molar-refractivity contribution >= 4 is 79.2 Å². The van der Waals surface area contributed by atoms with Gasteiger partial charge in [0, 0.05) is 55.6 Å². The summed E-state index contributed by atoms with van der Waals surface area (Å²) in [5.74, 6) is 0. The van der Waals surface area contributed by atoms with E-state index < -0.39 is 0 Å². The number of aryl methyl sites for hydroxylation is 2. The molecule has 1 N–H and O–H groups in total. The summed E-state index contributed by atoms with van der Waals surface area (Å²) in [6, 6.07) is 64.2. The second kappa shape index (κ2) is 14.9. The van der Waals surface area contributed by atoms with E-state index in [1.165, 1.54) is 118 Å². The van der Waals surface area contributed by atoms with Crippen molar-refractivity contribution in [1.29, 1.82) is 0 Å². The number of para-hydroxylation sites is 2. The number of nitrogens with zero attached hydrogens (tertiary/aromatic N) is 2. The van der Waals surface area contributed by atoms with E-state index in [4.69, 9.17) is 0 Å². The minimum absolute atomic E-state index is 0.0864. The fourth-order valence-corrected chi connectivity index (χ4v) is 12.5. The van der Waals surface area contributed by atoms with Crippen LogP contribution in [-0.2, 0) is 16.2 Å². The van der Waals surface area contributed by atoms with Gasteiger partial charge in [0.2, 0.25) is 0 Å². The van der Waals surface area contributed by atoms with Crippen molar-refractivity contribution in [2.45, 2.75) is 84.5 Å². The SMILES string of the molecule is Cc1ccc(Nc2cc3c(cc2-c2cc(N(c4ccccc4)c4ccccc4)c4c5ccc6ccccc6c5n5c4c2[B]c2cc(C)ccc2-5)-c2cc4c(cc2C3(C)C)C(C)(C)CCC4(C)C)cc1. The molecule has 4 heteroatoms. The highest BCUT2D eigenvalue weighted by Gasteiger charge is 2.43. The molecule has 13 rings (SSSR count).